The largest absolute Gasteiger partial charge is 0.392 e. The Morgan fingerprint density at radius 3 is 2.79 bits per heavy atom. The second kappa shape index (κ2) is 4.99. The molecule has 2 aromatic rings. The topological polar surface area (TPSA) is 20.2 Å². The fraction of sp³-hybridized carbons (Fsp3) is 0.294. The normalized spacial score (nSPS) is 18.6. The molecule has 2 unspecified atom stereocenters. The van der Waals surface area contributed by atoms with Crippen LogP contribution < -0.4 is 0 Å². The lowest BCUT2D eigenvalue weighted by atomic mass is 9.73. The van der Waals surface area contributed by atoms with Crippen LogP contribution in [0, 0.1) is 6.92 Å². The molecule has 3 rings (SSSR count). The van der Waals surface area contributed by atoms with Crippen molar-refractivity contribution in [3.05, 3.63) is 69.7 Å². The molecule has 0 amide bonds. The first-order valence-electron chi connectivity index (χ1n) is 6.66. The average molecular weight is 273 g/mol. The summed E-state index contributed by atoms with van der Waals surface area (Å²) < 4.78 is 0. The fourth-order valence-corrected chi connectivity index (χ4v) is 3.14. The maximum Gasteiger partial charge on any atom is 0.0652 e. The number of halogens is 1. The molecule has 19 heavy (non-hydrogen) atoms. The van der Waals surface area contributed by atoms with Crippen molar-refractivity contribution >= 4 is 11.6 Å². The fourth-order valence-electron chi connectivity index (χ4n) is 2.83. The van der Waals surface area contributed by atoms with Gasteiger partial charge < -0.3 is 5.11 Å². The van der Waals surface area contributed by atoms with Gasteiger partial charge in [-0.1, -0.05) is 48.0 Å². The molecule has 2 atom stereocenters. The SMILES string of the molecule is Cc1ccc(CC(O)C2Cc3ccccc32)c(Cl)c1. The summed E-state index contributed by atoms with van der Waals surface area (Å²) in [7, 11) is 0. The lowest BCUT2D eigenvalue weighted by Gasteiger charge is -2.34. The van der Waals surface area contributed by atoms with Crippen molar-refractivity contribution in [2.24, 2.45) is 0 Å². The molecular formula is C17H17ClO. The first-order valence-corrected chi connectivity index (χ1v) is 7.04. The first kappa shape index (κ1) is 12.7. The first-order chi connectivity index (χ1) is 9.15. The molecular weight excluding hydrogens is 256 g/mol. The summed E-state index contributed by atoms with van der Waals surface area (Å²) in [5, 5.41) is 11.2. The molecule has 0 aliphatic heterocycles. The third-order valence-corrected chi connectivity index (χ3v) is 4.35. The second-order valence-corrected chi connectivity index (χ2v) is 5.78. The predicted molar refractivity (Wildman–Crippen MR) is 78.8 cm³/mol. The van der Waals surface area contributed by atoms with Crippen LogP contribution in [-0.2, 0) is 12.8 Å². The molecule has 1 nitrogen and oxygen atoms in total. The predicted octanol–water partition coefficient (Wildman–Crippen LogP) is 3.89. The summed E-state index contributed by atoms with van der Waals surface area (Å²) in [6.07, 6.45) is 1.24. The lowest BCUT2D eigenvalue weighted by molar-refractivity contribution is 0.133. The number of rotatable bonds is 3. The van der Waals surface area contributed by atoms with Gasteiger partial charge in [0.25, 0.3) is 0 Å². The molecule has 2 heteroatoms. The summed E-state index contributed by atoms with van der Waals surface area (Å²) in [6.45, 7) is 2.02. The van der Waals surface area contributed by atoms with Crippen molar-refractivity contribution in [2.75, 3.05) is 0 Å². The van der Waals surface area contributed by atoms with E-state index >= 15 is 0 Å². The number of aliphatic hydroxyl groups excluding tert-OH is 1. The molecule has 98 valence electrons. The molecule has 0 radical (unpaired) electrons. The summed E-state index contributed by atoms with van der Waals surface area (Å²) in [5.41, 5.74) is 4.83. The van der Waals surface area contributed by atoms with Crippen LogP contribution in [0.15, 0.2) is 42.5 Å². The van der Waals surface area contributed by atoms with Gasteiger partial charge in [0.1, 0.15) is 0 Å². The zero-order valence-corrected chi connectivity index (χ0v) is 11.7. The molecule has 0 saturated heterocycles. The van der Waals surface area contributed by atoms with Gasteiger partial charge in [-0.05, 0) is 41.7 Å². The van der Waals surface area contributed by atoms with E-state index < -0.39 is 0 Å². The van der Waals surface area contributed by atoms with E-state index in [0.29, 0.717) is 6.42 Å². The molecule has 0 bridgehead atoms. The summed E-state index contributed by atoms with van der Waals surface area (Å²) in [5.74, 6) is 0.258. The van der Waals surface area contributed by atoms with Crippen molar-refractivity contribution in [3.8, 4) is 0 Å². The Morgan fingerprint density at radius 1 is 1.26 bits per heavy atom. The summed E-state index contributed by atoms with van der Waals surface area (Å²) in [6, 6.07) is 14.4. The minimum absolute atomic E-state index is 0.258. The van der Waals surface area contributed by atoms with Gasteiger partial charge in [-0.2, -0.15) is 0 Å². The van der Waals surface area contributed by atoms with Gasteiger partial charge in [0, 0.05) is 17.4 Å². The zero-order valence-electron chi connectivity index (χ0n) is 10.9. The maximum absolute atomic E-state index is 10.4. The van der Waals surface area contributed by atoms with E-state index in [0.717, 1.165) is 22.6 Å². The number of benzene rings is 2. The maximum atomic E-state index is 10.4. The quantitative estimate of drug-likeness (QED) is 0.899. The van der Waals surface area contributed by atoms with Crippen LogP contribution in [0.2, 0.25) is 5.02 Å². The Balaban J connectivity index is 1.75. The third kappa shape index (κ3) is 2.41. The number of fused-ring (bicyclic) bond motifs is 1. The van der Waals surface area contributed by atoms with Gasteiger partial charge in [-0.3, -0.25) is 0 Å². The highest BCUT2D eigenvalue weighted by Gasteiger charge is 2.31. The molecule has 0 saturated carbocycles. The number of hydrogen-bond acceptors (Lipinski definition) is 1. The van der Waals surface area contributed by atoms with Crippen LogP contribution in [0.3, 0.4) is 0 Å². The molecule has 1 N–H and O–H groups in total. The van der Waals surface area contributed by atoms with Crippen molar-refractivity contribution in [1.29, 1.82) is 0 Å². The average Bonchev–Trinajstić information content (AvgIpc) is 2.34. The highest BCUT2D eigenvalue weighted by Crippen LogP contribution is 2.38. The van der Waals surface area contributed by atoms with Crippen LogP contribution in [-0.4, -0.2) is 11.2 Å². The van der Waals surface area contributed by atoms with E-state index in [4.69, 9.17) is 11.6 Å². The van der Waals surface area contributed by atoms with Crippen LogP contribution in [0.5, 0.6) is 0 Å². The van der Waals surface area contributed by atoms with E-state index in [2.05, 4.69) is 18.2 Å². The Hall–Kier alpha value is -1.31. The van der Waals surface area contributed by atoms with E-state index in [1.54, 1.807) is 0 Å². The highest BCUT2D eigenvalue weighted by atomic mass is 35.5. The minimum atomic E-state index is -0.352. The molecule has 0 aromatic heterocycles. The number of hydrogen-bond donors (Lipinski definition) is 1. The molecule has 2 aromatic carbocycles. The second-order valence-electron chi connectivity index (χ2n) is 5.38. The molecule has 0 heterocycles. The van der Waals surface area contributed by atoms with Crippen molar-refractivity contribution < 1.29 is 5.11 Å². The van der Waals surface area contributed by atoms with E-state index in [1.165, 1.54) is 11.1 Å². The zero-order chi connectivity index (χ0) is 13.4. The van der Waals surface area contributed by atoms with Crippen molar-refractivity contribution in [2.45, 2.75) is 31.8 Å². The van der Waals surface area contributed by atoms with Crippen LogP contribution in [0.25, 0.3) is 0 Å². The smallest absolute Gasteiger partial charge is 0.0652 e. The Kier molecular flexibility index (Phi) is 3.34. The van der Waals surface area contributed by atoms with E-state index in [-0.39, 0.29) is 12.0 Å². The van der Waals surface area contributed by atoms with Gasteiger partial charge in [0.15, 0.2) is 0 Å². The van der Waals surface area contributed by atoms with Crippen molar-refractivity contribution in [1.82, 2.24) is 0 Å². The molecule has 0 fully saturated rings. The van der Waals surface area contributed by atoms with Crippen LogP contribution in [0.1, 0.15) is 28.2 Å². The number of aliphatic hydroxyl groups is 1. The van der Waals surface area contributed by atoms with Crippen molar-refractivity contribution in [3.63, 3.8) is 0 Å². The van der Waals surface area contributed by atoms with Gasteiger partial charge in [0.05, 0.1) is 6.10 Å². The molecule has 0 spiro atoms. The van der Waals surface area contributed by atoms with Crippen LogP contribution in [0.4, 0.5) is 0 Å². The highest BCUT2D eigenvalue weighted by molar-refractivity contribution is 6.31. The van der Waals surface area contributed by atoms with Crippen LogP contribution >= 0.6 is 11.6 Å². The Bertz CT molecular complexity index is 606. The standard InChI is InChI=1S/C17H17ClO/c1-11-6-7-13(16(18)8-11)10-17(19)15-9-12-4-2-3-5-14(12)15/h2-8,15,17,19H,9-10H2,1H3. The van der Waals surface area contributed by atoms with Gasteiger partial charge in [-0.25, -0.2) is 0 Å². The minimum Gasteiger partial charge on any atom is -0.392 e. The number of aryl methyl sites for hydroxylation is 1. The lowest BCUT2D eigenvalue weighted by Crippen LogP contribution is -2.30. The monoisotopic (exact) mass is 272 g/mol. The Labute approximate surface area is 118 Å². The Morgan fingerprint density at radius 2 is 2.05 bits per heavy atom. The molecule has 1 aliphatic rings. The summed E-state index contributed by atoms with van der Waals surface area (Å²) in [4.78, 5) is 0. The summed E-state index contributed by atoms with van der Waals surface area (Å²) >= 11 is 6.23. The van der Waals surface area contributed by atoms with Gasteiger partial charge in [-0.15, -0.1) is 0 Å². The van der Waals surface area contributed by atoms with Gasteiger partial charge in [0.2, 0.25) is 0 Å². The van der Waals surface area contributed by atoms with Gasteiger partial charge >= 0.3 is 0 Å². The molecule has 1 aliphatic carbocycles. The van der Waals surface area contributed by atoms with E-state index in [1.807, 2.05) is 31.2 Å². The van der Waals surface area contributed by atoms with E-state index in [9.17, 15) is 5.11 Å². The third-order valence-electron chi connectivity index (χ3n) is 4.00.